The number of amides is 1. The van der Waals surface area contributed by atoms with Crippen molar-refractivity contribution in [3.63, 3.8) is 0 Å². The van der Waals surface area contributed by atoms with Crippen LogP contribution in [-0.4, -0.2) is 90.4 Å². The largest absolute Gasteiger partial charge is 0.497 e. The number of carboxylic acid groups (broad SMARTS) is 1. The number of carbonyl (C=O) groups is 1. The van der Waals surface area contributed by atoms with Gasteiger partial charge >= 0.3 is 6.09 Å². The highest BCUT2D eigenvalue weighted by Gasteiger charge is 2.39. The highest BCUT2D eigenvalue weighted by atomic mass is 32.2. The Bertz CT molecular complexity index is 2520. The second-order valence-corrected chi connectivity index (χ2v) is 18.7. The number of sulfonamides is 2. The van der Waals surface area contributed by atoms with Crippen molar-refractivity contribution in [1.82, 2.24) is 29.4 Å². The Morgan fingerprint density at radius 1 is 0.817 bits per heavy atom. The van der Waals surface area contributed by atoms with Gasteiger partial charge < -0.3 is 24.2 Å². The number of benzene rings is 4. The Morgan fingerprint density at radius 3 is 1.77 bits per heavy atom. The Balaban J connectivity index is 1.60. The maximum Gasteiger partial charge on any atom is 0.407 e. The lowest BCUT2D eigenvalue weighted by Gasteiger charge is -2.41. The number of allylic oxidation sites excluding steroid dienone is 1. The summed E-state index contributed by atoms with van der Waals surface area (Å²) in [6.45, 7) is 5.21. The lowest BCUT2D eigenvalue weighted by Crippen LogP contribution is -2.51. The molecule has 1 heterocycles. The summed E-state index contributed by atoms with van der Waals surface area (Å²) in [5.74, 6) is 1.73. The molecular formula is C42H49N7O9S2. The van der Waals surface area contributed by atoms with Gasteiger partial charge in [0.1, 0.15) is 27.0 Å². The molecule has 1 aliphatic carbocycles. The van der Waals surface area contributed by atoms with Crippen LogP contribution in [0.25, 0.3) is 17.0 Å². The molecule has 1 aliphatic rings. The number of rotatable bonds is 15. The minimum atomic E-state index is -4.84. The highest BCUT2D eigenvalue weighted by molar-refractivity contribution is 7.92. The molecule has 4 aromatic carbocycles. The van der Waals surface area contributed by atoms with Gasteiger partial charge in [0.25, 0.3) is 0 Å². The van der Waals surface area contributed by atoms with Crippen LogP contribution >= 0.6 is 0 Å². The zero-order valence-electron chi connectivity index (χ0n) is 34.3. The third-order valence-corrected chi connectivity index (χ3v) is 13.3. The maximum atomic E-state index is 15.6. The second kappa shape index (κ2) is 17.8. The van der Waals surface area contributed by atoms with Gasteiger partial charge in [-0.25, -0.2) is 31.5 Å². The van der Waals surface area contributed by atoms with E-state index in [0.717, 1.165) is 5.56 Å². The summed E-state index contributed by atoms with van der Waals surface area (Å²) in [5.41, 5.74) is 2.20. The molecule has 0 fully saturated rings. The minimum absolute atomic E-state index is 0.0244. The van der Waals surface area contributed by atoms with Crippen LogP contribution in [0, 0.1) is 0 Å². The van der Waals surface area contributed by atoms with Crippen LogP contribution in [0.3, 0.4) is 0 Å². The van der Waals surface area contributed by atoms with Crippen LogP contribution in [0.4, 0.5) is 4.79 Å². The number of hydrogen-bond donors (Lipinski definition) is 2. The molecule has 0 bridgehead atoms. The molecule has 0 saturated carbocycles. The first-order chi connectivity index (χ1) is 28.4. The molecule has 6 rings (SSSR count). The fraction of sp³-hybridized carbons (Fsp3) is 0.333. The van der Waals surface area contributed by atoms with Gasteiger partial charge in [-0.1, -0.05) is 48.5 Å². The predicted octanol–water partition coefficient (Wildman–Crippen LogP) is 6.17. The number of hydrogen-bond acceptors (Lipinski definition) is 11. The smallest absolute Gasteiger partial charge is 0.407 e. The fourth-order valence-electron chi connectivity index (χ4n) is 7.44. The van der Waals surface area contributed by atoms with Gasteiger partial charge in [-0.3, -0.25) is 0 Å². The first kappa shape index (κ1) is 43.8. The quantitative estimate of drug-likeness (QED) is 0.121. The number of primary sulfonamides is 1. The van der Waals surface area contributed by atoms with E-state index >= 15 is 8.42 Å². The zero-order valence-corrected chi connectivity index (χ0v) is 35.9. The van der Waals surface area contributed by atoms with Gasteiger partial charge in [0.2, 0.25) is 20.0 Å². The van der Waals surface area contributed by atoms with Crippen molar-refractivity contribution in [3.05, 3.63) is 113 Å². The second-order valence-electron chi connectivity index (χ2n) is 15.3. The molecule has 16 nitrogen and oxygen atoms in total. The van der Waals surface area contributed by atoms with E-state index < -0.39 is 41.5 Å². The van der Waals surface area contributed by atoms with E-state index in [4.69, 9.17) is 19.3 Å². The average Bonchev–Trinajstić information content (AvgIpc) is 3.67. The van der Waals surface area contributed by atoms with Gasteiger partial charge in [-0.15, -0.1) is 5.10 Å². The van der Waals surface area contributed by atoms with Gasteiger partial charge in [0.05, 0.1) is 27.9 Å². The van der Waals surface area contributed by atoms with Crippen LogP contribution < -0.4 is 19.3 Å². The van der Waals surface area contributed by atoms with Gasteiger partial charge in [0, 0.05) is 30.2 Å². The Labute approximate surface area is 350 Å². The summed E-state index contributed by atoms with van der Waals surface area (Å²) < 4.78 is 77.1. The van der Waals surface area contributed by atoms with Gasteiger partial charge in [-0.05, 0) is 121 Å². The summed E-state index contributed by atoms with van der Waals surface area (Å²) in [6, 6.07) is 23.2. The number of tetrazole rings is 1. The number of nitrogens with two attached hydrogens (primary N) is 1. The molecule has 5 aromatic rings. The van der Waals surface area contributed by atoms with Crippen molar-refractivity contribution in [2.75, 3.05) is 21.3 Å². The molecular weight excluding hydrogens is 811 g/mol. The van der Waals surface area contributed by atoms with E-state index in [-0.39, 0.29) is 37.1 Å². The molecule has 0 radical (unpaired) electrons. The van der Waals surface area contributed by atoms with Crippen molar-refractivity contribution in [2.45, 2.75) is 81.0 Å². The van der Waals surface area contributed by atoms with Crippen molar-refractivity contribution in [2.24, 2.45) is 5.14 Å². The van der Waals surface area contributed by atoms with Crippen LogP contribution in [-0.2, 0) is 39.7 Å². The van der Waals surface area contributed by atoms with E-state index in [1.807, 2.05) is 39.0 Å². The maximum absolute atomic E-state index is 15.6. The molecule has 1 atom stereocenters. The van der Waals surface area contributed by atoms with Crippen LogP contribution in [0.15, 0.2) is 101 Å². The molecule has 18 heteroatoms. The lowest BCUT2D eigenvalue weighted by atomic mass is 9.86. The average molecular weight is 860 g/mol. The van der Waals surface area contributed by atoms with Crippen molar-refractivity contribution < 1.29 is 40.9 Å². The SMILES string of the molecule is COc1ccc(CN(Cc2ccc(OC)cc2)S(=O)(=O)c2c(S(N)(=O)=O)ccc(C3=CCC(N(C(=O)O)C(C)(C)C)CC3)c2-c2nnnn2Cc2ccc(OC)cc2)cc1. The number of ether oxygens (including phenoxy) is 3. The van der Waals surface area contributed by atoms with Crippen molar-refractivity contribution in [3.8, 4) is 28.6 Å². The van der Waals surface area contributed by atoms with Gasteiger partial charge in [-0.2, -0.15) is 4.31 Å². The van der Waals surface area contributed by atoms with E-state index in [1.165, 1.54) is 40.2 Å². The highest BCUT2D eigenvalue weighted by Crippen LogP contribution is 2.43. The van der Waals surface area contributed by atoms with E-state index in [1.54, 1.807) is 67.8 Å². The molecule has 0 spiro atoms. The summed E-state index contributed by atoms with van der Waals surface area (Å²) in [5, 5.41) is 28.6. The van der Waals surface area contributed by atoms with Crippen molar-refractivity contribution in [1.29, 1.82) is 0 Å². The van der Waals surface area contributed by atoms with Gasteiger partial charge in [0.15, 0.2) is 5.82 Å². The monoisotopic (exact) mass is 859 g/mol. The van der Waals surface area contributed by atoms with Crippen LogP contribution in [0.1, 0.15) is 62.3 Å². The van der Waals surface area contributed by atoms with E-state index in [9.17, 15) is 18.3 Å². The van der Waals surface area contributed by atoms with E-state index in [0.29, 0.717) is 58.8 Å². The molecule has 1 unspecified atom stereocenters. The molecule has 1 amide bonds. The number of methoxy groups -OCH3 is 3. The normalized spacial score (nSPS) is 14.7. The summed E-state index contributed by atoms with van der Waals surface area (Å²) in [6.07, 6.45) is 1.86. The molecule has 0 aliphatic heterocycles. The third kappa shape index (κ3) is 9.62. The molecule has 3 N–H and O–H groups in total. The topological polar surface area (TPSA) is 209 Å². The number of nitrogens with zero attached hydrogens (tertiary/aromatic N) is 6. The van der Waals surface area contributed by atoms with Crippen LogP contribution in [0.5, 0.6) is 17.2 Å². The Hall–Kier alpha value is -5.82. The molecule has 1 aromatic heterocycles. The Morgan fingerprint density at radius 2 is 1.33 bits per heavy atom. The standard InChI is InChI=1S/C42H49N7O9S2/c1-42(2,3)49(41(50)51)32-15-13-31(14-16-32)36-23-24-37(59(43,52)53)39(38(36)40-44-45-46-48(40)27-30-11-21-35(58-6)22-12-30)60(54,55)47(25-28-7-17-33(56-4)18-8-28)26-29-9-19-34(57-5)20-10-29/h7-13,17-24,32H,14-16,25-27H2,1-6H3,(H,50,51)(H2,43,52,53). The Kier molecular flexibility index (Phi) is 13.0. The first-order valence-corrected chi connectivity index (χ1v) is 22.0. The van der Waals surface area contributed by atoms with E-state index in [2.05, 4.69) is 15.5 Å². The third-order valence-electron chi connectivity index (χ3n) is 10.3. The minimum Gasteiger partial charge on any atom is -0.497 e. The zero-order chi connectivity index (χ0) is 43.4. The predicted molar refractivity (Wildman–Crippen MR) is 224 cm³/mol. The summed E-state index contributed by atoms with van der Waals surface area (Å²) in [7, 11) is -4.97. The summed E-state index contributed by atoms with van der Waals surface area (Å²) >= 11 is 0. The van der Waals surface area contributed by atoms with Crippen molar-refractivity contribution >= 4 is 31.7 Å². The molecule has 318 valence electrons. The fourth-order valence-corrected chi connectivity index (χ4v) is 10.4. The molecule has 0 saturated heterocycles. The lowest BCUT2D eigenvalue weighted by molar-refractivity contribution is 0.0673. The molecule has 60 heavy (non-hydrogen) atoms. The van der Waals surface area contributed by atoms with Crippen LogP contribution in [0.2, 0.25) is 0 Å². The summed E-state index contributed by atoms with van der Waals surface area (Å²) in [4.78, 5) is 12.6. The first-order valence-electron chi connectivity index (χ1n) is 19.0. The number of aromatic nitrogens is 4.